The van der Waals surface area contributed by atoms with E-state index >= 15 is 0 Å². The molecule has 0 atom stereocenters. The number of anilines is 1. The van der Waals surface area contributed by atoms with E-state index in [2.05, 4.69) is 57.7 Å². The van der Waals surface area contributed by atoms with Crippen molar-refractivity contribution in [2.75, 3.05) is 18.4 Å². The smallest absolute Gasteiger partial charge is 0.256 e. The Morgan fingerprint density at radius 2 is 1.97 bits per heavy atom. The third kappa shape index (κ3) is 5.46. The highest BCUT2D eigenvalue weighted by atomic mass is 16.1. The summed E-state index contributed by atoms with van der Waals surface area (Å²) in [5.74, 6) is 0.339. The minimum Gasteiger partial charge on any atom is -0.371 e. The van der Waals surface area contributed by atoms with Crippen molar-refractivity contribution >= 4 is 23.0 Å². The number of allylic oxidation sites excluding steroid dienone is 6. The summed E-state index contributed by atoms with van der Waals surface area (Å²) in [4.78, 5) is 23.7. The monoisotopic (exact) mass is 462 g/mol. The number of carbonyl (C=O) groups excluding carboxylic acids is 1. The molecule has 1 aliphatic carbocycles. The van der Waals surface area contributed by atoms with Crippen molar-refractivity contribution < 1.29 is 4.79 Å². The molecular weight excluding hydrogens is 432 g/mol. The Balaban J connectivity index is 1.65. The Labute approximate surface area is 207 Å². The van der Waals surface area contributed by atoms with Crippen LogP contribution in [0.4, 0.5) is 5.82 Å². The van der Waals surface area contributed by atoms with E-state index in [0.29, 0.717) is 11.4 Å². The molecule has 4 rings (SSSR count). The Morgan fingerprint density at radius 3 is 2.63 bits per heavy atom. The van der Waals surface area contributed by atoms with Crippen LogP contribution in [0.5, 0.6) is 0 Å². The second kappa shape index (κ2) is 10.8. The third-order valence-electron chi connectivity index (χ3n) is 6.09. The molecule has 0 radical (unpaired) electrons. The molecule has 2 aliphatic rings. The predicted molar refractivity (Wildman–Crippen MR) is 145 cm³/mol. The summed E-state index contributed by atoms with van der Waals surface area (Å²) in [7, 11) is 0. The molecule has 176 valence electrons. The minimum atomic E-state index is -0.189. The molecule has 0 saturated carbocycles. The lowest BCUT2D eigenvalue weighted by Crippen LogP contribution is -2.30. The van der Waals surface area contributed by atoms with Gasteiger partial charge in [0.1, 0.15) is 5.82 Å². The van der Waals surface area contributed by atoms with Gasteiger partial charge in [0.15, 0.2) is 0 Å². The van der Waals surface area contributed by atoms with Crippen LogP contribution in [0, 0.1) is 0 Å². The normalized spacial score (nSPS) is 18.0. The number of nitrogens with zero attached hydrogens (tertiary/aromatic N) is 3. The fraction of sp³-hybridized carbons (Fsp3) is 0.167. The van der Waals surface area contributed by atoms with Gasteiger partial charge in [-0.05, 0) is 79.0 Å². The molecular formula is C30H30N4O. The van der Waals surface area contributed by atoms with Gasteiger partial charge in [0.25, 0.3) is 5.91 Å². The van der Waals surface area contributed by atoms with Crippen LogP contribution in [0.25, 0.3) is 5.57 Å². The van der Waals surface area contributed by atoms with Crippen molar-refractivity contribution in [2.45, 2.75) is 20.3 Å². The van der Waals surface area contributed by atoms with Crippen molar-refractivity contribution in [3.63, 3.8) is 0 Å². The first-order valence-electron chi connectivity index (χ1n) is 11.7. The second-order valence-corrected chi connectivity index (χ2v) is 8.48. The van der Waals surface area contributed by atoms with E-state index in [1.54, 1.807) is 18.5 Å². The molecule has 0 saturated heterocycles. The van der Waals surface area contributed by atoms with Crippen molar-refractivity contribution in [1.82, 2.24) is 9.88 Å². The highest BCUT2D eigenvalue weighted by Gasteiger charge is 2.24. The maximum atomic E-state index is 12.6. The molecule has 1 N–H and O–H groups in total. The first-order chi connectivity index (χ1) is 17.0. The van der Waals surface area contributed by atoms with Crippen LogP contribution >= 0.6 is 0 Å². The summed E-state index contributed by atoms with van der Waals surface area (Å²) >= 11 is 0. The van der Waals surface area contributed by atoms with E-state index < -0.39 is 0 Å². The van der Waals surface area contributed by atoms with Gasteiger partial charge in [-0.2, -0.15) is 0 Å². The Bertz CT molecular complexity index is 1290. The highest BCUT2D eigenvalue weighted by molar-refractivity contribution is 6.21. The van der Waals surface area contributed by atoms with E-state index in [9.17, 15) is 4.79 Å². The molecule has 1 amide bonds. The number of pyridine rings is 1. The van der Waals surface area contributed by atoms with Gasteiger partial charge in [-0.1, -0.05) is 43.5 Å². The van der Waals surface area contributed by atoms with Gasteiger partial charge in [-0.3, -0.25) is 9.79 Å². The second-order valence-electron chi connectivity index (χ2n) is 8.48. The Morgan fingerprint density at radius 1 is 1.17 bits per heavy atom. The predicted octanol–water partition coefficient (Wildman–Crippen LogP) is 6.35. The average molecular weight is 463 g/mol. The summed E-state index contributed by atoms with van der Waals surface area (Å²) in [5.41, 5.74) is 8.04. The fourth-order valence-corrected chi connectivity index (χ4v) is 4.23. The van der Waals surface area contributed by atoms with Gasteiger partial charge in [0.2, 0.25) is 0 Å². The molecule has 35 heavy (non-hydrogen) atoms. The van der Waals surface area contributed by atoms with E-state index in [1.165, 1.54) is 5.57 Å². The zero-order valence-corrected chi connectivity index (χ0v) is 20.3. The van der Waals surface area contributed by atoms with E-state index in [-0.39, 0.29) is 5.91 Å². The quantitative estimate of drug-likeness (QED) is 0.544. The van der Waals surface area contributed by atoms with Gasteiger partial charge < -0.3 is 10.2 Å². The maximum Gasteiger partial charge on any atom is 0.256 e. The number of hydrogen-bond donors (Lipinski definition) is 1. The number of carbonyl (C=O) groups is 1. The third-order valence-corrected chi connectivity index (χ3v) is 6.09. The molecule has 0 spiro atoms. The first kappa shape index (κ1) is 23.9. The van der Waals surface area contributed by atoms with Crippen molar-refractivity contribution in [1.29, 1.82) is 0 Å². The lowest BCUT2D eigenvalue weighted by Gasteiger charge is -2.32. The summed E-state index contributed by atoms with van der Waals surface area (Å²) in [5, 5.41) is 2.83. The molecule has 0 bridgehead atoms. The van der Waals surface area contributed by atoms with E-state index in [0.717, 1.165) is 53.2 Å². The van der Waals surface area contributed by atoms with Crippen molar-refractivity contribution in [3.05, 3.63) is 126 Å². The molecule has 1 aliphatic heterocycles. The van der Waals surface area contributed by atoms with E-state index in [4.69, 9.17) is 0 Å². The Hall–Kier alpha value is -4.25. The van der Waals surface area contributed by atoms with Gasteiger partial charge >= 0.3 is 0 Å². The van der Waals surface area contributed by atoms with Crippen LogP contribution in [0.2, 0.25) is 0 Å². The summed E-state index contributed by atoms with van der Waals surface area (Å²) in [6.45, 7) is 13.8. The number of rotatable bonds is 6. The Kier molecular flexibility index (Phi) is 7.36. The highest BCUT2D eigenvalue weighted by Crippen LogP contribution is 2.33. The van der Waals surface area contributed by atoms with Crippen LogP contribution in [0.15, 0.2) is 120 Å². The van der Waals surface area contributed by atoms with Crippen molar-refractivity contribution in [2.24, 2.45) is 4.99 Å². The van der Waals surface area contributed by atoms with Crippen LogP contribution < -0.4 is 5.32 Å². The fourth-order valence-electron chi connectivity index (χ4n) is 4.23. The standard InChI is InChI=1S/C30H30N4O/c1-5-22-18-26(19-27(29(22)31-6-2)25-10-9-17-34(20-25)21(3)4)23-12-14-24(15-13-23)30(35)33-28-11-7-8-16-32-28/h5-8,10-16,18-19H,2-3,9,17,20H2,1,4H3,(H,32,33,35)/b22-5-,31-29+. The average Bonchev–Trinajstić information content (AvgIpc) is 2.89. The summed E-state index contributed by atoms with van der Waals surface area (Å²) < 4.78 is 0. The van der Waals surface area contributed by atoms with Gasteiger partial charge in [-0.25, -0.2) is 4.98 Å². The number of aliphatic imine (C=N–C) groups is 1. The van der Waals surface area contributed by atoms with Crippen LogP contribution in [0.1, 0.15) is 36.2 Å². The number of hydrogen-bond acceptors (Lipinski definition) is 4. The number of aromatic nitrogens is 1. The zero-order chi connectivity index (χ0) is 24.8. The number of benzene rings is 1. The maximum absolute atomic E-state index is 12.6. The topological polar surface area (TPSA) is 57.6 Å². The largest absolute Gasteiger partial charge is 0.371 e. The molecule has 5 nitrogen and oxygen atoms in total. The van der Waals surface area contributed by atoms with Crippen LogP contribution in [-0.4, -0.2) is 34.6 Å². The molecule has 1 aromatic carbocycles. The SMILES string of the molecule is C=C/N=C1/C(C2=CCCN(C(=C)C)C2)=CC(c2ccc(C(=O)Nc3ccccn3)cc2)=C/C1=C/C. The lowest BCUT2D eigenvalue weighted by molar-refractivity contribution is 0.102. The molecule has 5 heteroatoms. The minimum absolute atomic E-state index is 0.189. The van der Waals surface area contributed by atoms with Crippen LogP contribution in [0.3, 0.4) is 0 Å². The van der Waals surface area contributed by atoms with Gasteiger partial charge in [0.05, 0.1) is 5.71 Å². The zero-order valence-electron chi connectivity index (χ0n) is 20.3. The van der Waals surface area contributed by atoms with Crippen LogP contribution in [-0.2, 0) is 0 Å². The van der Waals surface area contributed by atoms with Crippen molar-refractivity contribution in [3.8, 4) is 0 Å². The summed E-state index contributed by atoms with van der Waals surface area (Å²) in [6, 6.07) is 13.1. The molecule has 0 unspecified atom stereocenters. The number of nitrogens with one attached hydrogen (secondary N) is 1. The number of amides is 1. The molecule has 2 heterocycles. The first-order valence-corrected chi connectivity index (χ1v) is 11.7. The molecule has 2 aromatic rings. The summed E-state index contributed by atoms with van der Waals surface area (Å²) in [6.07, 6.45) is 12.9. The molecule has 0 fully saturated rings. The lowest BCUT2D eigenvalue weighted by atomic mass is 9.84. The van der Waals surface area contributed by atoms with E-state index in [1.807, 2.05) is 50.2 Å². The molecule has 1 aromatic heterocycles. The van der Waals surface area contributed by atoms with Gasteiger partial charge in [-0.15, -0.1) is 0 Å². The van der Waals surface area contributed by atoms with Gasteiger partial charge in [0, 0.05) is 42.3 Å².